The highest BCUT2D eigenvalue weighted by Gasteiger charge is 2.11. The van der Waals surface area contributed by atoms with E-state index in [9.17, 15) is 4.39 Å². The molecule has 17 heavy (non-hydrogen) atoms. The van der Waals surface area contributed by atoms with Gasteiger partial charge in [0.25, 0.3) is 0 Å². The van der Waals surface area contributed by atoms with Gasteiger partial charge in [0.15, 0.2) is 0 Å². The highest BCUT2D eigenvalue weighted by molar-refractivity contribution is 5.59. The van der Waals surface area contributed by atoms with Gasteiger partial charge in [-0.3, -0.25) is 0 Å². The van der Waals surface area contributed by atoms with Gasteiger partial charge in [-0.05, 0) is 18.2 Å². The van der Waals surface area contributed by atoms with Crippen LogP contribution in [0.25, 0.3) is 11.3 Å². The van der Waals surface area contributed by atoms with E-state index < -0.39 is 6.04 Å². The fourth-order valence-corrected chi connectivity index (χ4v) is 1.45. The fourth-order valence-electron chi connectivity index (χ4n) is 1.45. The van der Waals surface area contributed by atoms with E-state index >= 15 is 0 Å². The van der Waals surface area contributed by atoms with Gasteiger partial charge >= 0.3 is 0 Å². The zero-order valence-electron chi connectivity index (χ0n) is 9.05. The lowest BCUT2D eigenvalue weighted by molar-refractivity contribution is 0.263. The van der Waals surface area contributed by atoms with Crippen molar-refractivity contribution in [2.24, 2.45) is 5.73 Å². The first-order valence-electron chi connectivity index (χ1n) is 5.16. The number of hydrogen-bond acceptors (Lipinski definition) is 4. The Labute approximate surface area is 98.0 Å². The van der Waals surface area contributed by atoms with E-state index in [2.05, 4.69) is 9.97 Å². The van der Waals surface area contributed by atoms with Crippen molar-refractivity contribution in [3.63, 3.8) is 0 Å². The monoisotopic (exact) mass is 233 g/mol. The molecule has 1 aromatic heterocycles. The molecule has 3 N–H and O–H groups in total. The second-order valence-electron chi connectivity index (χ2n) is 3.57. The summed E-state index contributed by atoms with van der Waals surface area (Å²) in [4.78, 5) is 8.09. The van der Waals surface area contributed by atoms with Crippen LogP contribution in [0.4, 0.5) is 4.39 Å². The van der Waals surface area contributed by atoms with Gasteiger partial charge in [0.1, 0.15) is 11.6 Å². The van der Waals surface area contributed by atoms with Crippen LogP contribution < -0.4 is 5.73 Å². The molecule has 0 spiro atoms. The highest BCUT2D eigenvalue weighted by Crippen LogP contribution is 2.20. The van der Waals surface area contributed by atoms with Crippen molar-refractivity contribution in [2.45, 2.75) is 6.04 Å². The third-order valence-electron chi connectivity index (χ3n) is 2.35. The van der Waals surface area contributed by atoms with Crippen LogP contribution in [0, 0.1) is 5.82 Å². The van der Waals surface area contributed by atoms with Gasteiger partial charge in [-0.25, -0.2) is 14.4 Å². The minimum atomic E-state index is -0.651. The molecule has 2 aromatic rings. The van der Waals surface area contributed by atoms with Gasteiger partial charge in [-0.1, -0.05) is 12.1 Å². The lowest BCUT2D eigenvalue weighted by atomic mass is 10.1. The second kappa shape index (κ2) is 4.99. The Kier molecular flexibility index (Phi) is 3.41. The first-order chi connectivity index (χ1) is 8.22. The molecule has 0 saturated heterocycles. The molecule has 1 heterocycles. The first kappa shape index (κ1) is 11.6. The predicted molar refractivity (Wildman–Crippen MR) is 61.4 cm³/mol. The van der Waals surface area contributed by atoms with Crippen LogP contribution in [0.1, 0.15) is 11.9 Å². The molecule has 88 valence electrons. The van der Waals surface area contributed by atoms with E-state index in [1.54, 1.807) is 24.3 Å². The minimum absolute atomic E-state index is 0.249. The molecule has 0 saturated carbocycles. The quantitative estimate of drug-likeness (QED) is 0.837. The molecule has 0 aliphatic rings. The molecular formula is C12H12FN3O. The molecule has 5 heteroatoms. The molecule has 1 aromatic carbocycles. The van der Waals surface area contributed by atoms with Crippen LogP contribution in [-0.4, -0.2) is 21.7 Å². The normalized spacial score (nSPS) is 12.4. The Morgan fingerprint density at radius 2 is 2.06 bits per heavy atom. The van der Waals surface area contributed by atoms with Gasteiger partial charge in [0.05, 0.1) is 18.3 Å². The lowest BCUT2D eigenvalue weighted by Gasteiger charge is -2.08. The van der Waals surface area contributed by atoms with Crippen molar-refractivity contribution in [1.29, 1.82) is 0 Å². The molecule has 0 amide bonds. The summed E-state index contributed by atoms with van der Waals surface area (Å²) in [6, 6.07) is 7.29. The maximum Gasteiger partial charge on any atom is 0.147 e. The first-order valence-corrected chi connectivity index (χ1v) is 5.16. The third-order valence-corrected chi connectivity index (χ3v) is 2.35. The molecule has 0 radical (unpaired) electrons. The number of aromatic nitrogens is 2. The van der Waals surface area contributed by atoms with Crippen molar-refractivity contribution >= 4 is 0 Å². The van der Waals surface area contributed by atoms with Crippen molar-refractivity contribution < 1.29 is 9.50 Å². The van der Waals surface area contributed by atoms with Crippen molar-refractivity contribution in [1.82, 2.24) is 9.97 Å². The fraction of sp³-hybridized carbons (Fsp3) is 0.167. The van der Waals surface area contributed by atoms with Crippen molar-refractivity contribution in [3.05, 3.63) is 48.2 Å². The van der Waals surface area contributed by atoms with Crippen LogP contribution in [0.15, 0.2) is 36.5 Å². The Morgan fingerprint density at radius 1 is 1.29 bits per heavy atom. The average Bonchev–Trinajstić information content (AvgIpc) is 2.38. The lowest BCUT2D eigenvalue weighted by Crippen LogP contribution is -2.17. The molecule has 0 aliphatic heterocycles. The molecule has 0 fully saturated rings. The molecule has 1 atom stereocenters. The summed E-state index contributed by atoms with van der Waals surface area (Å²) in [7, 11) is 0. The van der Waals surface area contributed by atoms with Crippen LogP contribution in [0.2, 0.25) is 0 Å². The summed E-state index contributed by atoms with van der Waals surface area (Å²) in [5, 5.41) is 8.93. The molecule has 4 nitrogen and oxygen atoms in total. The summed E-state index contributed by atoms with van der Waals surface area (Å²) in [5.74, 6) is -0.0528. The molecule has 0 bridgehead atoms. The zero-order chi connectivity index (χ0) is 12.3. The summed E-state index contributed by atoms with van der Waals surface area (Å²) in [6.07, 6.45) is 1.50. The molecular weight excluding hydrogens is 221 g/mol. The van der Waals surface area contributed by atoms with Crippen LogP contribution in [0.5, 0.6) is 0 Å². The van der Waals surface area contributed by atoms with Crippen LogP contribution in [-0.2, 0) is 0 Å². The number of halogens is 1. The third kappa shape index (κ3) is 2.46. The van der Waals surface area contributed by atoms with Crippen molar-refractivity contribution in [2.75, 3.05) is 6.61 Å². The predicted octanol–water partition coefficient (Wildman–Crippen LogP) is 1.27. The van der Waals surface area contributed by atoms with E-state index in [-0.39, 0.29) is 12.4 Å². The summed E-state index contributed by atoms with van der Waals surface area (Å²) in [5.41, 5.74) is 6.46. The highest BCUT2D eigenvalue weighted by atomic mass is 19.1. The standard InChI is InChI=1S/C12H12FN3O/c13-9-4-2-1-3-8(9)11-5-6-15-12(16-11)10(14)7-17/h1-6,10,17H,7,14H2. The van der Waals surface area contributed by atoms with E-state index in [0.717, 1.165) is 0 Å². The zero-order valence-corrected chi connectivity index (χ0v) is 9.05. The largest absolute Gasteiger partial charge is 0.394 e. The molecule has 1 unspecified atom stereocenters. The van der Waals surface area contributed by atoms with Gasteiger partial charge in [0, 0.05) is 11.8 Å². The maximum absolute atomic E-state index is 13.5. The summed E-state index contributed by atoms with van der Waals surface area (Å²) in [6.45, 7) is -0.249. The van der Waals surface area contributed by atoms with Gasteiger partial charge in [-0.2, -0.15) is 0 Å². The number of aliphatic hydroxyl groups excluding tert-OH is 1. The molecule has 0 aliphatic carbocycles. The smallest absolute Gasteiger partial charge is 0.147 e. The Bertz CT molecular complexity index is 519. The van der Waals surface area contributed by atoms with E-state index in [1.807, 2.05) is 0 Å². The van der Waals surface area contributed by atoms with Crippen molar-refractivity contribution in [3.8, 4) is 11.3 Å². The van der Waals surface area contributed by atoms with E-state index in [0.29, 0.717) is 17.1 Å². The van der Waals surface area contributed by atoms with Gasteiger partial charge in [-0.15, -0.1) is 0 Å². The number of rotatable bonds is 3. The van der Waals surface area contributed by atoms with Gasteiger partial charge in [0.2, 0.25) is 0 Å². The average molecular weight is 233 g/mol. The number of benzene rings is 1. The Balaban J connectivity index is 2.43. The van der Waals surface area contributed by atoms with Crippen LogP contribution in [0.3, 0.4) is 0 Å². The number of nitrogens with zero attached hydrogens (tertiary/aromatic N) is 2. The summed E-state index contributed by atoms with van der Waals surface area (Å²) >= 11 is 0. The SMILES string of the molecule is NC(CO)c1nccc(-c2ccccc2F)n1. The van der Waals surface area contributed by atoms with E-state index in [4.69, 9.17) is 10.8 Å². The van der Waals surface area contributed by atoms with Crippen LogP contribution >= 0.6 is 0 Å². The number of nitrogens with two attached hydrogens (primary N) is 1. The number of aliphatic hydroxyl groups is 1. The number of hydrogen-bond donors (Lipinski definition) is 2. The maximum atomic E-state index is 13.5. The Hall–Kier alpha value is -1.85. The molecule has 2 rings (SSSR count). The minimum Gasteiger partial charge on any atom is -0.394 e. The summed E-state index contributed by atoms with van der Waals surface area (Å²) < 4.78 is 13.5. The Morgan fingerprint density at radius 3 is 2.76 bits per heavy atom. The topological polar surface area (TPSA) is 72.0 Å². The van der Waals surface area contributed by atoms with Gasteiger partial charge < -0.3 is 10.8 Å². The second-order valence-corrected chi connectivity index (χ2v) is 3.57. The van der Waals surface area contributed by atoms with E-state index in [1.165, 1.54) is 12.3 Å².